The lowest BCUT2D eigenvalue weighted by Crippen LogP contribution is -2.39. The molecule has 4 nitrogen and oxygen atoms in total. The normalized spacial score (nSPS) is 12.4. The molecule has 0 heterocycles. The van der Waals surface area contributed by atoms with Gasteiger partial charge in [0.25, 0.3) is 0 Å². The molecule has 0 radical (unpaired) electrons. The number of benzene rings is 1. The first-order valence-electron chi connectivity index (χ1n) is 6.33. The molecule has 2 N–H and O–H groups in total. The van der Waals surface area contributed by atoms with E-state index in [2.05, 4.69) is 15.5 Å². The largest absolute Gasteiger partial charge is 0.325 e. The number of hydrogen-bond donors (Lipinski definition) is 2. The van der Waals surface area contributed by atoms with Crippen LogP contribution in [-0.2, 0) is 4.79 Å². The van der Waals surface area contributed by atoms with E-state index in [1.165, 1.54) is 0 Å². The zero-order valence-electron chi connectivity index (χ0n) is 11.4. The summed E-state index contributed by atoms with van der Waals surface area (Å²) in [5.74, 6) is 0.00560. The molecule has 100 valence electrons. The van der Waals surface area contributed by atoms with Crippen molar-refractivity contribution in [3.05, 3.63) is 30.3 Å². The quantitative estimate of drug-likeness (QED) is 0.721. The lowest BCUT2D eigenvalue weighted by atomic mass is 10.2. The van der Waals surface area contributed by atoms with Crippen LogP contribution in [0.5, 0.6) is 0 Å². The average Bonchev–Trinajstić information content (AvgIpc) is 2.35. The van der Waals surface area contributed by atoms with Crippen LogP contribution in [-0.4, -0.2) is 44.0 Å². The lowest BCUT2D eigenvalue weighted by molar-refractivity contribution is -0.117. The van der Waals surface area contributed by atoms with Crippen LogP contribution < -0.4 is 10.6 Å². The fourth-order valence-electron chi connectivity index (χ4n) is 1.58. The van der Waals surface area contributed by atoms with Crippen molar-refractivity contribution in [2.24, 2.45) is 0 Å². The molecule has 1 aromatic rings. The van der Waals surface area contributed by atoms with Gasteiger partial charge in [-0.3, -0.25) is 4.79 Å². The Morgan fingerprint density at radius 1 is 1.28 bits per heavy atom. The monoisotopic (exact) mass is 249 g/mol. The summed E-state index contributed by atoms with van der Waals surface area (Å²) < 4.78 is 0. The Hall–Kier alpha value is -1.39. The van der Waals surface area contributed by atoms with Crippen LogP contribution >= 0.6 is 0 Å². The predicted octanol–water partition coefficient (Wildman–Crippen LogP) is 1.55. The van der Waals surface area contributed by atoms with Crippen molar-refractivity contribution in [1.29, 1.82) is 0 Å². The van der Waals surface area contributed by atoms with Gasteiger partial charge in [-0.25, -0.2) is 0 Å². The molecule has 0 aliphatic rings. The van der Waals surface area contributed by atoms with Gasteiger partial charge in [0.05, 0.1) is 6.04 Å². The van der Waals surface area contributed by atoms with Gasteiger partial charge in [0.1, 0.15) is 0 Å². The molecular weight excluding hydrogens is 226 g/mol. The zero-order chi connectivity index (χ0) is 13.4. The van der Waals surface area contributed by atoms with Crippen LogP contribution in [0.2, 0.25) is 0 Å². The number of hydrogen-bond acceptors (Lipinski definition) is 3. The van der Waals surface area contributed by atoms with Gasteiger partial charge in [-0.05, 0) is 52.7 Å². The highest BCUT2D eigenvalue weighted by Crippen LogP contribution is 2.05. The number of carbonyl (C=O) groups is 1. The highest BCUT2D eigenvalue weighted by molar-refractivity contribution is 5.94. The second-order valence-corrected chi connectivity index (χ2v) is 4.69. The Balaban J connectivity index is 2.25. The van der Waals surface area contributed by atoms with E-state index in [-0.39, 0.29) is 11.9 Å². The SMILES string of the molecule is CC(NCCCN(C)C)C(=O)Nc1ccccc1. The zero-order valence-corrected chi connectivity index (χ0v) is 11.4. The molecule has 0 saturated carbocycles. The average molecular weight is 249 g/mol. The van der Waals surface area contributed by atoms with Crippen molar-refractivity contribution in [1.82, 2.24) is 10.2 Å². The molecule has 0 fully saturated rings. The predicted molar refractivity (Wildman–Crippen MR) is 75.7 cm³/mol. The molecule has 1 aromatic carbocycles. The summed E-state index contributed by atoms with van der Waals surface area (Å²) in [6.45, 7) is 3.76. The van der Waals surface area contributed by atoms with Crippen LogP contribution in [0.4, 0.5) is 5.69 Å². The summed E-state index contributed by atoms with van der Waals surface area (Å²) in [6, 6.07) is 9.34. The van der Waals surface area contributed by atoms with Gasteiger partial charge in [-0.1, -0.05) is 18.2 Å². The maximum absolute atomic E-state index is 11.9. The van der Waals surface area contributed by atoms with Crippen LogP contribution in [0.3, 0.4) is 0 Å². The summed E-state index contributed by atoms with van der Waals surface area (Å²) in [5.41, 5.74) is 0.837. The first-order valence-corrected chi connectivity index (χ1v) is 6.33. The second kappa shape index (κ2) is 7.84. The second-order valence-electron chi connectivity index (χ2n) is 4.69. The minimum absolute atomic E-state index is 0.00560. The molecule has 0 aliphatic carbocycles. The number of carbonyl (C=O) groups excluding carboxylic acids is 1. The summed E-state index contributed by atoms with van der Waals surface area (Å²) in [7, 11) is 4.09. The first kappa shape index (κ1) is 14.7. The van der Waals surface area contributed by atoms with Gasteiger partial charge in [-0.2, -0.15) is 0 Å². The van der Waals surface area contributed by atoms with Crippen molar-refractivity contribution >= 4 is 11.6 Å². The molecule has 0 bridgehead atoms. The van der Waals surface area contributed by atoms with Gasteiger partial charge in [0.2, 0.25) is 5.91 Å². The number of nitrogens with one attached hydrogen (secondary N) is 2. The molecule has 4 heteroatoms. The van der Waals surface area contributed by atoms with Crippen molar-refractivity contribution in [3.63, 3.8) is 0 Å². The number of anilines is 1. The summed E-state index contributed by atoms with van der Waals surface area (Å²) in [5, 5.41) is 6.10. The molecular formula is C14H23N3O. The smallest absolute Gasteiger partial charge is 0.241 e. The minimum atomic E-state index is -0.174. The van der Waals surface area contributed by atoms with Crippen LogP contribution in [0.1, 0.15) is 13.3 Å². The van der Waals surface area contributed by atoms with E-state index in [0.717, 1.165) is 25.2 Å². The molecule has 0 aliphatic heterocycles. The standard InChI is InChI=1S/C14H23N3O/c1-12(15-10-7-11-17(2)3)14(18)16-13-8-5-4-6-9-13/h4-6,8-9,12,15H,7,10-11H2,1-3H3,(H,16,18). The van der Waals surface area contributed by atoms with E-state index in [1.807, 2.05) is 51.4 Å². The maximum Gasteiger partial charge on any atom is 0.241 e. The minimum Gasteiger partial charge on any atom is -0.325 e. The molecule has 1 amide bonds. The fraction of sp³-hybridized carbons (Fsp3) is 0.500. The van der Waals surface area contributed by atoms with Gasteiger partial charge >= 0.3 is 0 Å². The highest BCUT2D eigenvalue weighted by Gasteiger charge is 2.11. The molecule has 1 rings (SSSR count). The number of para-hydroxylation sites is 1. The van der Waals surface area contributed by atoms with E-state index in [4.69, 9.17) is 0 Å². The van der Waals surface area contributed by atoms with Crippen molar-refractivity contribution < 1.29 is 4.79 Å². The Morgan fingerprint density at radius 2 is 1.94 bits per heavy atom. The molecule has 0 saturated heterocycles. The lowest BCUT2D eigenvalue weighted by Gasteiger charge is -2.15. The van der Waals surface area contributed by atoms with E-state index < -0.39 is 0 Å². The summed E-state index contributed by atoms with van der Waals surface area (Å²) >= 11 is 0. The highest BCUT2D eigenvalue weighted by atomic mass is 16.2. The van der Waals surface area contributed by atoms with Gasteiger partial charge < -0.3 is 15.5 Å². The molecule has 1 atom stereocenters. The molecule has 0 aromatic heterocycles. The Kier molecular flexibility index (Phi) is 6.39. The van der Waals surface area contributed by atoms with E-state index in [9.17, 15) is 4.79 Å². The Morgan fingerprint density at radius 3 is 2.56 bits per heavy atom. The Bertz CT molecular complexity index is 351. The van der Waals surface area contributed by atoms with Gasteiger partial charge in [0, 0.05) is 5.69 Å². The third-order valence-corrected chi connectivity index (χ3v) is 2.67. The van der Waals surface area contributed by atoms with E-state index >= 15 is 0 Å². The Labute approximate surface area is 109 Å². The summed E-state index contributed by atoms with van der Waals surface area (Å²) in [6.07, 6.45) is 1.04. The molecule has 1 unspecified atom stereocenters. The van der Waals surface area contributed by atoms with Crippen LogP contribution in [0, 0.1) is 0 Å². The molecule has 18 heavy (non-hydrogen) atoms. The third kappa shape index (κ3) is 5.80. The van der Waals surface area contributed by atoms with Crippen molar-refractivity contribution in [3.8, 4) is 0 Å². The number of nitrogens with zero attached hydrogens (tertiary/aromatic N) is 1. The van der Waals surface area contributed by atoms with Crippen LogP contribution in [0.15, 0.2) is 30.3 Å². The maximum atomic E-state index is 11.9. The fourth-order valence-corrected chi connectivity index (χ4v) is 1.58. The number of rotatable bonds is 7. The van der Waals surface area contributed by atoms with Gasteiger partial charge in [-0.15, -0.1) is 0 Å². The van der Waals surface area contributed by atoms with Gasteiger partial charge in [0.15, 0.2) is 0 Å². The van der Waals surface area contributed by atoms with Crippen molar-refractivity contribution in [2.75, 3.05) is 32.5 Å². The topological polar surface area (TPSA) is 44.4 Å². The molecule has 0 spiro atoms. The van der Waals surface area contributed by atoms with Crippen molar-refractivity contribution in [2.45, 2.75) is 19.4 Å². The number of amides is 1. The first-order chi connectivity index (χ1) is 8.59. The van der Waals surface area contributed by atoms with E-state index in [0.29, 0.717) is 0 Å². The van der Waals surface area contributed by atoms with Crippen LogP contribution in [0.25, 0.3) is 0 Å². The van der Waals surface area contributed by atoms with E-state index in [1.54, 1.807) is 0 Å². The third-order valence-electron chi connectivity index (χ3n) is 2.67. The summed E-state index contributed by atoms with van der Waals surface area (Å²) in [4.78, 5) is 14.0.